The van der Waals surface area contributed by atoms with E-state index in [1.54, 1.807) is 0 Å². The summed E-state index contributed by atoms with van der Waals surface area (Å²) in [5.41, 5.74) is 2.45. The van der Waals surface area contributed by atoms with Gasteiger partial charge in [-0.2, -0.15) is 0 Å². The molecule has 2 aromatic heterocycles. The molecule has 5 heteroatoms. The number of thiazole rings is 1. The Morgan fingerprint density at radius 2 is 2.35 bits per heavy atom. The molecule has 0 fully saturated rings. The monoisotopic (exact) mass is 290 g/mol. The molecule has 2 heterocycles. The summed E-state index contributed by atoms with van der Waals surface area (Å²) in [6.45, 7) is 6.39. The van der Waals surface area contributed by atoms with Crippen LogP contribution in [0.3, 0.4) is 0 Å². The van der Waals surface area contributed by atoms with Gasteiger partial charge in [-0.3, -0.25) is 0 Å². The highest BCUT2D eigenvalue weighted by molar-refractivity contribution is 7.15. The molecule has 2 aromatic rings. The van der Waals surface area contributed by atoms with E-state index < -0.39 is 0 Å². The Balaban J connectivity index is 1.91. The normalized spacial score (nSPS) is 18.2. The maximum atomic E-state index is 4.88. The lowest BCUT2D eigenvalue weighted by Crippen LogP contribution is -2.24. The first kappa shape index (κ1) is 13.8. The number of imidazole rings is 1. The molecule has 0 aliphatic heterocycles. The van der Waals surface area contributed by atoms with Gasteiger partial charge in [0.2, 0.25) is 0 Å². The predicted molar refractivity (Wildman–Crippen MR) is 83.0 cm³/mol. The largest absolute Gasteiger partial charge is 0.329 e. The van der Waals surface area contributed by atoms with Crippen LogP contribution >= 0.6 is 11.3 Å². The Morgan fingerprint density at radius 3 is 3.15 bits per heavy atom. The lowest BCUT2D eigenvalue weighted by molar-refractivity contribution is 0.465. The van der Waals surface area contributed by atoms with Gasteiger partial charge in [0.25, 0.3) is 0 Å². The molecular weight excluding hydrogens is 268 g/mol. The molecule has 0 saturated heterocycles. The quantitative estimate of drug-likeness (QED) is 0.917. The number of aryl methyl sites for hydroxylation is 2. The van der Waals surface area contributed by atoms with Gasteiger partial charge < -0.3 is 9.88 Å². The third kappa shape index (κ3) is 2.52. The molecule has 1 aliphatic rings. The van der Waals surface area contributed by atoms with Gasteiger partial charge in [-0.25, -0.2) is 9.97 Å². The highest BCUT2D eigenvalue weighted by atomic mass is 32.1. The van der Waals surface area contributed by atoms with Crippen LogP contribution in [0, 0.1) is 0 Å². The van der Waals surface area contributed by atoms with Crippen molar-refractivity contribution in [2.75, 3.05) is 6.54 Å². The smallest absolute Gasteiger partial charge is 0.142 e. The second-order valence-corrected chi connectivity index (χ2v) is 6.32. The van der Waals surface area contributed by atoms with Gasteiger partial charge in [-0.05, 0) is 39.2 Å². The summed E-state index contributed by atoms with van der Waals surface area (Å²) in [5.74, 6) is 0. The summed E-state index contributed by atoms with van der Waals surface area (Å²) in [7, 11) is 0. The Labute approximate surface area is 124 Å². The van der Waals surface area contributed by atoms with E-state index in [4.69, 9.17) is 4.98 Å². The van der Waals surface area contributed by atoms with Crippen LogP contribution in [0.25, 0.3) is 10.7 Å². The van der Waals surface area contributed by atoms with Crippen molar-refractivity contribution in [3.05, 3.63) is 23.1 Å². The molecular formula is C15H22N4S. The first-order valence-corrected chi connectivity index (χ1v) is 8.38. The fraction of sp³-hybridized carbons (Fsp3) is 0.600. The third-order valence-electron chi connectivity index (χ3n) is 3.86. The predicted octanol–water partition coefficient (Wildman–Crippen LogP) is 3.40. The van der Waals surface area contributed by atoms with E-state index in [-0.39, 0.29) is 0 Å². The van der Waals surface area contributed by atoms with Gasteiger partial charge in [-0.1, -0.05) is 6.92 Å². The number of hydrogen-bond donors (Lipinski definition) is 1. The molecule has 0 radical (unpaired) electrons. The zero-order chi connectivity index (χ0) is 13.9. The molecule has 0 aromatic carbocycles. The summed E-state index contributed by atoms with van der Waals surface area (Å²) >= 11 is 1.85. The summed E-state index contributed by atoms with van der Waals surface area (Å²) in [4.78, 5) is 10.6. The van der Waals surface area contributed by atoms with Crippen LogP contribution in [0.5, 0.6) is 0 Å². The molecule has 0 bridgehead atoms. The SMILES string of the molecule is CCCNC1CCCc2nc(-c3cncn3CC)sc21. The second-order valence-electron chi connectivity index (χ2n) is 5.29. The zero-order valence-corrected chi connectivity index (χ0v) is 13.0. The van der Waals surface area contributed by atoms with Crippen molar-refractivity contribution in [1.82, 2.24) is 19.9 Å². The molecule has 0 amide bonds. The molecule has 1 unspecified atom stereocenters. The Bertz CT molecular complexity index is 572. The maximum absolute atomic E-state index is 4.88. The van der Waals surface area contributed by atoms with Gasteiger partial charge in [0.1, 0.15) is 5.01 Å². The van der Waals surface area contributed by atoms with Crippen LogP contribution in [-0.4, -0.2) is 21.1 Å². The second kappa shape index (κ2) is 6.06. The number of hydrogen-bond acceptors (Lipinski definition) is 4. The average Bonchev–Trinajstić information content (AvgIpc) is 3.10. The summed E-state index contributed by atoms with van der Waals surface area (Å²) in [6.07, 6.45) is 8.60. The summed E-state index contributed by atoms with van der Waals surface area (Å²) in [5, 5.41) is 4.79. The molecule has 4 nitrogen and oxygen atoms in total. The van der Waals surface area contributed by atoms with Crippen LogP contribution in [-0.2, 0) is 13.0 Å². The van der Waals surface area contributed by atoms with E-state index >= 15 is 0 Å². The minimum absolute atomic E-state index is 0.503. The van der Waals surface area contributed by atoms with Crippen molar-refractivity contribution < 1.29 is 0 Å². The van der Waals surface area contributed by atoms with Gasteiger partial charge in [0.15, 0.2) is 0 Å². The minimum Gasteiger partial charge on any atom is -0.329 e. The van der Waals surface area contributed by atoms with Crippen molar-refractivity contribution in [3.63, 3.8) is 0 Å². The van der Waals surface area contributed by atoms with E-state index in [2.05, 4.69) is 28.7 Å². The lowest BCUT2D eigenvalue weighted by Gasteiger charge is -2.22. The molecule has 1 N–H and O–H groups in total. The van der Waals surface area contributed by atoms with Crippen molar-refractivity contribution >= 4 is 11.3 Å². The van der Waals surface area contributed by atoms with Crippen LogP contribution in [0.15, 0.2) is 12.5 Å². The lowest BCUT2D eigenvalue weighted by atomic mass is 9.98. The summed E-state index contributed by atoms with van der Waals surface area (Å²) < 4.78 is 2.17. The van der Waals surface area contributed by atoms with Crippen LogP contribution in [0.1, 0.15) is 49.7 Å². The number of aromatic nitrogens is 3. The van der Waals surface area contributed by atoms with Gasteiger partial charge in [-0.15, -0.1) is 11.3 Å². The Hall–Kier alpha value is -1.20. The van der Waals surface area contributed by atoms with Crippen molar-refractivity contribution in [3.8, 4) is 10.7 Å². The maximum Gasteiger partial charge on any atom is 0.142 e. The Kier molecular flexibility index (Phi) is 4.17. The molecule has 0 saturated carbocycles. The molecule has 1 aliphatic carbocycles. The van der Waals surface area contributed by atoms with Crippen LogP contribution in [0.4, 0.5) is 0 Å². The highest BCUT2D eigenvalue weighted by Gasteiger charge is 2.25. The molecule has 0 spiro atoms. The number of nitrogens with zero attached hydrogens (tertiary/aromatic N) is 3. The standard InChI is InChI=1S/C15H22N4S/c1-3-8-17-11-6-5-7-12-14(11)20-15(18-12)13-9-16-10-19(13)4-2/h9-11,17H,3-8H2,1-2H3. The first-order chi connectivity index (χ1) is 9.83. The molecule has 20 heavy (non-hydrogen) atoms. The van der Waals surface area contributed by atoms with Gasteiger partial charge in [0, 0.05) is 17.5 Å². The van der Waals surface area contributed by atoms with Crippen LogP contribution in [0.2, 0.25) is 0 Å². The van der Waals surface area contributed by atoms with Crippen LogP contribution < -0.4 is 5.32 Å². The topological polar surface area (TPSA) is 42.7 Å². The fourth-order valence-electron chi connectivity index (χ4n) is 2.79. The number of nitrogens with one attached hydrogen (secondary N) is 1. The van der Waals surface area contributed by atoms with E-state index in [1.807, 2.05) is 23.9 Å². The van der Waals surface area contributed by atoms with Crippen molar-refractivity contribution in [1.29, 1.82) is 0 Å². The van der Waals surface area contributed by atoms with Gasteiger partial charge in [0.05, 0.1) is 23.9 Å². The van der Waals surface area contributed by atoms with E-state index in [0.717, 1.165) is 30.2 Å². The number of fused-ring (bicyclic) bond motifs is 1. The van der Waals surface area contributed by atoms with E-state index in [9.17, 15) is 0 Å². The van der Waals surface area contributed by atoms with Crippen molar-refractivity contribution in [2.24, 2.45) is 0 Å². The zero-order valence-electron chi connectivity index (χ0n) is 12.2. The van der Waals surface area contributed by atoms with E-state index in [0.29, 0.717) is 6.04 Å². The third-order valence-corrected chi connectivity index (χ3v) is 5.10. The molecule has 1 atom stereocenters. The van der Waals surface area contributed by atoms with Crippen molar-refractivity contribution in [2.45, 2.75) is 52.1 Å². The van der Waals surface area contributed by atoms with E-state index in [1.165, 1.54) is 29.8 Å². The fourth-order valence-corrected chi connectivity index (χ4v) is 4.04. The summed E-state index contributed by atoms with van der Waals surface area (Å²) in [6, 6.07) is 0.503. The molecule has 108 valence electrons. The average molecular weight is 290 g/mol. The first-order valence-electron chi connectivity index (χ1n) is 7.57. The Morgan fingerprint density at radius 1 is 1.45 bits per heavy atom. The van der Waals surface area contributed by atoms with Gasteiger partial charge >= 0.3 is 0 Å². The molecule has 3 rings (SSSR count). The highest BCUT2D eigenvalue weighted by Crippen LogP contribution is 2.37. The number of rotatable bonds is 5. The minimum atomic E-state index is 0.503.